The van der Waals surface area contributed by atoms with E-state index in [-0.39, 0.29) is 24.0 Å². The first-order chi connectivity index (χ1) is 14.2. The molecular weight excluding hydrogens is 513 g/mol. The van der Waals surface area contributed by atoms with Gasteiger partial charge in [-0.1, -0.05) is 23.7 Å². The lowest BCUT2D eigenvalue weighted by Crippen LogP contribution is -2.52. The SMILES string of the molecule is CN=C(NCc1ccnc(-n2cccn2)c1)N1CCN(c2ccccc2Cl)CC1.I. The molecule has 0 saturated carbocycles. The van der Waals surface area contributed by atoms with E-state index in [2.05, 4.69) is 36.3 Å². The summed E-state index contributed by atoms with van der Waals surface area (Å²) in [5, 5.41) is 8.51. The molecule has 1 N–H and O–H groups in total. The molecule has 0 spiro atoms. The molecule has 1 fully saturated rings. The zero-order chi connectivity index (χ0) is 20.1. The smallest absolute Gasteiger partial charge is 0.194 e. The first-order valence-electron chi connectivity index (χ1n) is 9.64. The normalized spacial score (nSPS) is 14.4. The molecule has 1 aromatic carbocycles. The van der Waals surface area contributed by atoms with Gasteiger partial charge >= 0.3 is 0 Å². The van der Waals surface area contributed by atoms with Crippen molar-refractivity contribution in [2.24, 2.45) is 4.99 Å². The van der Waals surface area contributed by atoms with Crippen LogP contribution in [0, 0.1) is 0 Å². The lowest BCUT2D eigenvalue weighted by Gasteiger charge is -2.38. The minimum absolute atomic E-state index is 0. The van der Waals surface area contributed by atoms with Gasteiger partial charge in [0.15, 0.2) is 11.8 Å². The summed E-state index contributed by atoms with van der Waals surface area (Å²) in [6.07, 6.45) is 5.44. The van der Waals surface area contributed by atoms with Gasteiger partial charge < -0.3 is 15.1 Å². The fraction of sp³-hybridized carbons (Fsp3) is 0.286. The average Bonchev–Trinajstić information content (AvgIpc) is 3.30. The molecule has 3 aromatic rings. The number of halogens is 2. The lowest BCUT2D eigenvalue weighted by molar-refractivity contribution is 0.372. The largest absolute Gasteiger partial charge is 0.367 e. The van der Waals surface area contributed by atoms with Gasteiger partial charge in [-0.15, -0.1) is 24.0 Å². The highest BCUT2D eigenvalue weighted by atomic mass is 127. The number of rotatable bonds is 4. The maximum Gasteiger partial charge on any atom is 0.194 e. The molecule has 3 heterocycles. The molecular formula is C21H25ClIN7. The first-order valence-corrected chi connectivity index (χ1v) is 10.0. The third-order valence-electron chi connectivity index (χ3n) is 4.98. The van der Waals surface area contributed by atoms with Gasteiger partial charge in [0.1, 0.15) is 0 Å². The quantitative estimate of drug-likeness (QED) is 0.314. The number of hydrogen-bond acceptors (Lipinski definition) is 4. The predicted molar refractivity (Wildman–Crippen MR) is 132 cm³/mol. The summed E-state index contributed by atoms with van der Waals surface area (Å²) in [7, 11) is 1.82. The van der Waals surface area contributed by atoms with Gasteiger partial charge in [0, 0.05) is 58.4 Å². The van der Waals surface area contributed by atoms with E-state index in [1.165, 1.54) is 0 Å². The Bertz CT molecular complexity index is 969. The van der Waals surface area contributed by atoms with Gasteiger partial charge in [-0.2, -0.15) is 5.10 Å². The number of nitrogens with zero attached hydrogens (tertiary/aromatic N) is 6. The van der Waals surface area contributed by atoms with Gasteiger partial charge in [0.25, 0.3) is 0 Å². The summed E-state index contributed by atoms with van der Waals surface area (Å²) >= 11 is 6.35. The van der Waals surface area contributed by atoms with E-state index in [0.717, 1.165) is 54.2 Å². The van der Waals surface area contributed by atoms with E-state index in [1.54, 1.807) is 17.1 Å². The molecule has 30 heavy (non-hydrogen) atoms. The Morgan fingerprint density at radius 1 is 1.10 bits per heavy atom. The lowest BCUT2D eigenvalue weighted by atomic mass is 10.2. The minimum Gasteiger partial charge on any atom is -0.367 e. The van der Waals surface area contributed by atoms with Gasteiger partial charge in [0.2, 0.25) is 0 Å². The second-order valence-corrected chi connectivity index (χ2v) is 7.21. The Hall–Kier alpha value is -2.33. The highest BCUT2D eigenvalue weighted by Crippen LogP contribution is 2.26. The van der Waals surface area contributed by atoms with Gasteiger partial charge in [-0.25, -0.2) is 9.67 Å². The molecule has 0 bridgehead atoms. The van der Waals surface area contributed by atoms with Crippen LogP contribution in [0.3, 0.4) is 0 Å². The Morgan fingerprint density at radius 3 is 2.60 bits per heavy atom. The number of benzene rings is 1. The highest BCUT2D eigenvalue weighted by Gasteiger charge is 2.21. The van der Waals surface area contributed by atoms with Crippen molar-refractivity contribution in [1.29, 1.82) is 0 Å². The van der Waals surface area contributed by atoms with Crippen LogP contribution in [-0.2, 0) is 6.54 Å². The van der Waals surface area contributed by atoms with Crippen molar-refractivity contribution in [3.05, 3.63) is 71.6 Å². The number of guanidine groups is 1. The summed E-state index contributed by atoms with van der Waals surface area (Å²) in [5.74, 6) is 1.71. The number of hydrogen-bond donors (Lipinski definition) is 1. The third-order valence-corrected chi connectivity index (χ3v) is 5.30. The van der Waals surface area contributed by atoms with Crippen LogP contribution in [0.25, 0.3) is 5.82 Å². The van der Waals surface area contributed by atoms with Crippen LogP contribution < -0.4 is 10.2 Å². The molecule has 0 unspecified atom stereocenters. The van der Waals surface area contributed by atoms with Crippen molar-refractivity contribution in [2.45, 2.75) is 6.54 Å². The summed E-state index contributed by atoms with van der Waals surface area (Å²) < 4.78 is 1.76. The number of nitrogens with one attached hydrogen (secondary N) is 1. The van der Waals surface area contributed by atoms with Crippen LogP contribution in [-0.4, -0.2) is 58.9 Å². The van der Waals surface area contributed by atoms with Gasteiger partial charge in [0.05, 0.1) is 10.7 Å². The zero-order valence-electron chi connectivity index (χ0n) is 16.8. The Morgan fingerprint density at radius 2 is 1.90 bits per heavy atom. The van der Waals surface area contributed by atoms with Crippen molar-refractivity contribution in [3.8, 4) is 5.82 Å². The standard InChI is InChI=1S/C21H24ClN7.HI/c1-23-21(25-16-17-7-9-24-20(15-17)29-10-4-8-26-29)28-13-11-27(12-14-28)19-6-3-2-5-18(19)22;/h2-10,15H,11-14,16H2,1H3,(H,23,25);1H. The van der Waals surface area contributed by atoms with E-state index >= 15 is 0 Å². The number of aliphatic imine (C=N–C) groups is 1. The summed E-state index contributed by atoms with van der Waals surface area (Å²) in [5.41, 5.74) is 2.22. The van der Waals surface area contributed by atoms with Crippen LogP contribution in [0.4, 0.5) is 5.69 Å². The minimum atomic E-state index is 0. The molecule has 0 atom stereocenters. The first kappa shape index (κ1) is 22.4. The highest BCUT2D eigenvalue weighted by molar-refractivity contribution is 14.0. The van der Waals surface area contributed by atoms with Crippen LogP contribution in [0.5, 0.6) is 0 Å². The van der Waals surface area contributed by atoms with Crippen LogP contribution in [0.2, 0.25) is 5.02 Å². The van der Waals surface area contributed by atoms with Crippen LogP contribution >= 0.6 is 35.6 Å². The molecule has 0 radical (unpaired) electrons. The van der Waals surface area contributed by atoms with E-state index in [0.29, 0.717) is 6.54 Å². The monoisotopic (exact) mass is 537 g/mol. The van der Waals surface area contributed by atoms with E-state index < -0.39 is 0 Å². The number of pyridine rings is 1. The number of aromatic nitrogens is 3. The number of piperazine rings is 1. The van der Waals surface area contributed by atoms with Crippen molar-refractivity contribution < 1.29 is 0 Å². The molecule has 0 amide bonds. The van der Waals surface area contributed by atoms with E-state index in [1.807, 2.05) is 49.6 Å². The number of anilines is 1. The summed E-state index contributed by atoms with van der Waals surface area (Å²) in [6.45, 7) is 4.26. The topological polar surface area (TPSA) is 61.6 Å². The number of para-hydroxylation sites is 1. The average molecular weight is 538 g/mol. The molecule has 1 aliphatic rings. The van der Waals surface area contributed by atoms with Crippen molar-refractivity contribution in [3.63, 3.8) is 0 Å². The van der Waals surface area contributed by atoms with E-state index in [4.69, 9.17) is 11.6 Å². The summed E-state index contributed by atoms with van der Waals surface area (Å²) in [4.78, 5) is 13.5. The second kappa shape index (κ2) is 10.6. The van der Waals surface area contributed by atoms with Gasteiger partial charge in [-0.3, -0.25) is 4.99 Å². The molecule has 9 heteroatoms. The van der Waals surface area contributed by atoms with Crippen molar-refractivity contribution >= 4 is 47.2 Å². The summed E-state index contributed by atoms with van der Waals surface area (Å²) in [6, 6.07) is 13.9. The maximum absolute atomic E-state index is 6.35. The van der Waals surface area contributed by atoms with Crippen molar-refractivity contribution in [1.82, 2.24) is 25.0 Å². The predicted octanol–water partition coefficient (Wildman–Crippen LogP) is 3.44. The molecule has 2 aromatic heterocycles. The van der Waals surface area contributed by atoms with Crippen LogP contribution in [0.15, 0.2) is 66.0 Å². The maximum atomic E-state index is 6.35. The Kier molecular flexibility index (Phi) is 7.92. The molecule has 7 nitrogen and oxygen atoms in total. The van der Waals surface area contributed by atoms with Crippen molar-refractivity contribution in [2.75, 3.05) is 38.1 Å². The second-order valence-electron chi connectivity index (χ2n) is 6.80. The molecule has 1 saturated heterocycles. The fourth-order valence-corrected chi connectivity index (χ4v) is 3.74. The molecule has 4 rings (SSSR count). The molecule has 158 valence electrons. The van der Waals surface area contributed by atoms with E-state index in [9.17, 15) is 0 Å². The van der Waals surface area contributed by atoms with Gasteiger partial charge in [-0.05, 0) is 35.9 Å². The third kappa shape index (κ3) is 5.23. The Labute approximate surface area is 198 Å². The fourth-order valence-electron chi connectivity index (χ4n) is 3.48. The van der Waals surface area contributed by atoms with Crippen LogP contribution in [0.1, 0.15) is 5.56 Å². The molecule has 1 aliphatic heterocycles. The molecule has 0 aliphatic carbocycles. The zero-order valence-corrected chi connectivity index (χ0v) is 19.9. The Balaban J connectivity index is 0.00000256.